The largest absolute Gasteiger partial charge is 0.339 e. The molecule has 6 rings (SSSR count). The van der Waals surface area contributed by atoms with Crippen molar-refractivity contribution in [2.45, 2.75) is 25.4 Å². The minimum Gasteiger partial charge on any atom is -0.339 e. The van der Waals surface area contributed by atoms with Gasteiger partial charge in [0.15, 0.2) is 5.82 Å². The van der Waals surface area contributed by atoms with Gasteiger partial charge in [-0.05, 0) is 43.7 Å². The average molecular weight is 458 g/mol. The van der Waals surface area contributed by atoms with E-state index in [2.05, 4.69) is 60.7 Å². The summed E-state index contributed by atoms with van der Waals surface area (Å²) in [5, 5.41) is 14.5. The van der Waals surface area contributed by atoms with E-state index in [1.54, 1.807) is 29.0 Å². The maximum absolute atomic E-state index is 4.53. The van der Waals surface area contributed by atoms with Crippen molar-refractivity contribution in [3.63, 3.8) is 0 Å². The molecule has 32 heavy (non-hydrogen) atoms. The zero-order chi connectivity index (χ0) is 21.3. The molecule has 2 N–H and O–H groups in total. The smallest absolute Gasteiger partial charge is 0.151 e. The number of thiazole rings is 1. The first-order chi connectivity index (χ1) is 15.8. The van der Waals surface area contributed by atoms with E-state index in [1.807, 2.05) is 27.8 Å². The summed E-state index contributed by atoms with van der Waals surface area (Å²) in [5.41, 5.74) is 5.81. The summed E-state index contributed by atoms with van der Waals surface area (Å²) < 4.78 is 2.98. The van der Waals surface area contributed by atoms with E-state index in [1.165, 1.54) is 6.42 Å². The lowest BCUT2D eigenvalue weighted by atomic mass is 10.2. The SMILES string of the molecule is C(#CC1CCCN1)c1cc2ncnc(Nc3ccc4c(cnn4Cc4cscn4)c3)c2s1. The molecule has 5 heterocycles. The molecule has 4 aromatic heterocycles. The number of hydrogen-bond donors (Lipinski definition) is 2. The van der Waals surface area contributed by atoms with Gasteiger partial charge in [0.05, 0.1) is 50.6 Å². The van der Waals surface area contributed by atoms with Crippen LogP contribution in [0.4, 0.5) is 11.5 Å². The lowest BCUT2D eigenvalue weighted by Gasteiger charge is -2.07. The van der Waals surface area contributed by atoms with Crippen LogP contribution < -0.4 is 10.6 Å². The molecule has 1 unspecified atom stereocenters. The summed E-state index contributed by atoms with van der Waals surface area (Å²) in [6, 6.07) is 8.56. The third-order valence-electron chi connectivity index (χ3n) is 5.44. The van der Waals surface area contributed by atoms with Crippen LogP contribution in [-0.4, -0.2) is 37.3 Å². The van der Waals surface area contributed by atoms with Gasteiger partial charge in [-0.25, -0.2) is 15.0 Å². The third kappa shape index (κ3) is 3.84. The molecular weight excluding hydrogens is 438 g/mol. The number of rotatable bonds is 4. The Kier molecular flexibility index (Phi) is 5.03. The van der Waals surface area contributed by atoms with Crippen LogP contribution >= 0.6 is 22.7 Å². The number of fused-ring (bicyclic) bond motifs is 2. The molecule has 1 saturated heterocycles. The zero-order valence-corrected chi connectivity index (χ0v) is 18.7. The van der Waals surface area contributed by atoms with E-state index in [0.717, 1.165) is 56.2 Å². The topological polar surface area (TPSA) is 80.5 Å². The summed E-state index contributed by atoms with van der Waals surface area (Å²) >= 11 is 3.22. The molecule has 0 amide bonds. The maximum Gasteiger partial charge on any atom is 0.151 e. The van der Waals surface area contributed by atoms with Crippen LogP contribution in [0.25, 0.3) is 21.1 Å². The molecule has 9 heteroatoms. The summed E-state index contributed by atoms with van der Waals surface area (Å²) in [6.45, 7) is 1.72. The quantitative estimate of drug-likeness (QED) is 0.390. The molecule has 0 bridgehead atoms. The average Bonchev–Trinajstić information content (AvgIpc) is 3.60. The Morgan fingerprint density at radius 2 is 2.22 bits per heavy atom. The Hall–Kier alpha value is -3.32. The van der Waals surface area contributed by atoms with Crippen molar-refractivity contribution >= 4 is 55.3 Å². The van der Waals surface area contributed by atoms with Crippen LogP contribution in [0.1, 0.15) is 23.4 Å². The van der Waals surface area contributed by atoms with E-state index in [4.69, 9.17) is 0 Å². The molecular formula is C23H19N7S2. The molecule has 1 aromatic carbocycles. The molecule has 1 aliphatic rings. The highest BCUT2D eigenvalue weighted by atomic mass is 32.1. The molecule has 7 nitrogen and oxygen atoms in total. The molecule has 5 aromatic rings. The number of benzene rings is 1. The summed E-state index contributed by atoms with van der Waals surface area (Å²) in [6.07, 6.45) is 5.79. The second kappa shape index (κ2) is 8.31. The van der Waals surface area contributed by atoms with Crippen molar-refractivity contribution < 1.29 is 0 Å². The molecule has 158 valence electrons. The van der Waals surface area contributed by atoms with E-state index in [0.29, 0.717) is 12.6 Å². The normalized spacial score (nSPS) is 15.8. The Bertz CT molecular complexity index is 1450. The standard InChI is InChI=1S/C23H19N7S2/c1-2-16(24-7-1)3-5-19-9-20-22(32-19)23(26-13-25-20)29-17-4-6-21-15(8-17)10-28-30(21)11-18-12-31-14-27-18/h4,6,8-10,12-14,16,24H,1-2,7,11H2,(H,25,26,29). The van der Waals surface area contributed by atoms with E-state index >= 15 is 0 Å². The fourth-order valence-corrected chi connectivity index (χ4v) is 5.33. The Morgan fingerprint density at radius 3 is 3.09 bits per heavy atom. The minimum absolute atomic E-state index is 0.298. The van der Waals surface area contributed by atoms with Crippen LogP contribution in [0.5, 0.6) is 0 Å². The number of nitrogens with zero attached hydrogens (tertiary/aromatic N) is 5. The number of thiophene rings is 1. The first-order valence-corrected chi connectivity index (χ1v) is 12.2. The summed E-state index contributed by atoms with van der Waals surface area (Å²) in [5.74, 6) is 7.43. The van der Waals surface area contributed by atoms with E-state index < -0.39 is 0 Å². The molecule has 0 aliphatic carbocycles. The lowest BCUT2D eigenvalue weighted by molar-refractivity contribution is 0.700. The van der Waals surface area contributed by atoms with Crippen molar-refractivity contribution in [3.8, 4) is 11.8 Å². The number of hydrogen-bond acceptors (Lipinski definition) is 8. The van der Waals surface area contributed by atoms with Crippen molar-refractivity contribution in [2.24, 2.45) is 0 Å². The van der Waals surface area contributed by atoms with Gasteiger partial charge in [0.1, 0.15) is 6.33 Å². The Morgan fingerprint density at radius 1 is 1.22 bits per heavy atom. The summed E-state index contributed by atoms with van der Waals surface area (Å²) in [4.78, 5) is 14.3. The van der Waals surface area contributed by atoms with Crippen molar-refractivity contribution in [1.29, 1.82) is 0 Å². The van der Waals surface area contributed by atoms with Gasteiger partial charge in [-0.15, -0.1) is 22.7 Å². The molecule has 1 atom stereocenters. The Labute approximate surface area is 192 Å². The second-order valence-electron chi connectivity index (χ2n) is 7.65. The van der Waals surface area contributed by atoms with Crippen molar-refractivity contribution in [3.05, 3.63) is 58.3 Å². The van der Waals surface area contributed by atoms with E-state index in [-0.39, 0.29) is 0 Å². The molecule has 1 aliphatic heterocycles. The first kappa shape index (κ1) is 19.4. The predicted octanol–water partition coefficient (Wildman–Crippen LogP) is 4.39. The summed E-state index contributed by atoms with van der Waals surface area (Å²) in [7, 11) is 0. The van der Waals surface area contributed by atoms with Gasteiger partial charge in [0.25, 0.3) is 0 Å². The van der Waals surface area contributed by atoms with Gasteiger partial charge in [0.2, 0.25) is 0 Å². The predicted molar refractivity (Wildman–Crippen MR) is 130 cm³/mol. The first-order valence-electron chi connectivity index (χ1n) is 10.4. The van der Waals surface area contributed by atoms with Gasteiger partial charge in [-0.2, -0.15) is 5.10 Å². The van der Waals surface area contributed by atoms with Crippen LogP contribution in [0, 0.1) is 11.8 Å². The highest BCUT2D eigenvalue weighted by molar-refractivity contribution is 7.20. The van der Waals surface area contributed by atoms with E-state index in [9.17, 15) is 0 Å². The zero-order valence-electron chi connectivity index (χ0n) is 17.1. The maximum atomic E-state index is 4.53. The molecule has 0 spiro atoms. The van der Waals surface area contributed by atoms with Gasteiger partial charge in [-0.3, -0.25) is 4.68 Å². The number of nitrogens with one attached hydrogen (secondary N) is 2. The molecule has 0 radical (unpaired) electrons. The second-order valence-corrected chi connectivity index (χ2v) is 9.42. The highest BCUT2D eigenvalue weighted by Crippen LogP contribution is 2.31. The fraction of sp³-hybridized carbons (Fsp3) is 0.217. The fourth-order valence-electron chi connectivity index (χ4n) is 3.87. The van der Waals surface area contributed by atoms with Gasteiger partial charge in [0, 0.05) is 16.5 Å². The van der Waals surface area contributed by atoms with Crippen molar-refractivity contribution in [2.75, 3.05) is 11.9 Å². The highest BCUT2D eigenvalue weighted by Gasteiger charge is 2.12. The molecule has 1 fully saturated rings. The number of anilines is 2. The van der Waals surface area contributed by atoms with Crippen LogP contribution in [-0.2, 0) is 6.54 Å². The number of aromatic nitrogens is 5. The third-order valence-corrected chi connectivity index (χ3v) is 7.12. The van der Waals surface area contributed by atoms with Crippen LogP contribution in [0.3, 0.4) is 0 Å². The lowest BCUT2D eigenvalue weighted by Crippen LogP contribution is -2.18. The monoisotopic (exact) mass is 457 g/mol. The Balaban J connectivity index is 1.27. The van der Waals surface area contributed by atoms with Crippen LogP contribution in [0.15, 0.2) is 47.7 Å². The minimum atomic E-state index is 0.298. The van der Waals surface area contributed by atoms with Gasteiger partial charge >= 0.3 is 0 Å². The van der Waals surface area contributed by atoms with Gasteiger partial charge < -0.3 is 10.6 Å². The molecule has 0 saturated carbocycles. The van der Waals surface area contributed by atoms with Gasteiger partial charge in [-0.1, -0.05) is 11.8 Å². The van der Waals surface area contributed by atoms with Crippen molar-refractivity contribution in [1.82, 2.24) is 30.0 Å². The van der Waals surface area contributed by atoms with Crippen LogP contribution in [0.2, 0.25) is 0 Å².